The molecule has 0 unspecified atom stereocenters. The molecular formula is C16H19N5O2. The fraction of sp³-hybridized carbons (Fsp3) is 0.375. The number of nitrogens with zero attached hydrogens (tertiary/aromatic N) is 3. The lowest BCUT2D eigenvalue weighted by Gasteiger charge is -2.11. The van der Waals surface area contributed by atoms with Gasteiger partial charge in [-0.15, -0.1) is 0 Å². The summed E-state index contributed by atoms with van der Waals surface area (Å²) in [6.45, 7) is 5.89. The zero-order valence-corrected chi connectivity index (χ0v) is 13.4. The molecule has 0 spiro atoms. The summed E-state index contributed by atoms with van der Waals surface area (Å²) in [5.74, 6) is 0.588. The second-order valence-electron chi connectivity index (χ2n) is 5.78. The Morgan fingerprint density at radius 2 is 2.00 bits per heavy atom. The monoisotopic (exact) mass is 313 g/mol. The molecule has 1 aromatic carbocycles. The van der Waals surface area contributed by atoms with E-state index in [1.165, 1.54) is 4.68 Å². The van der Waals surface area contributed by atoms with Gasteiger partial charge in [0.25, 0.3) is 5.91 Å². The van der Waals surface area contributed by atoms with Crippen molar-refractivity contribution in [3.05, 3.63) is 35.2 Å². The molecule has 1 aliphatic heterocycles. The Kier molecular flexibility index (Phi) is 3.85. The predicted octanol–water partition coefficient (Wildman–Crippen LogP) is 1.98. The molecule has 23 heavy (non-hydrogen) atoms. The molecule has 7 heteroatoms. The number of carbonyl (C=O) groups excluding carboxylic acids is 2. The standard InChI is InChI=1S/C16H19N5O2/c1-4-13-18-16-19-15(23)12(21(16)20-13)8-14(22)17-11-6-9(2)5-10(3)7-11/h5-7,12H,4,8H2,1-3H3,(H,17,22)(H,18,19,20,23)/t12-/m1/s1. The Hall–Kier alpha value is -2.70. The van der Waals surface area contributed by atoms with Gasteiger partial charge >= 0.3 is 0 Å². The minimum absolute atomic E-state index is 0.0261. The number of nitrogens with one attached hydrogen (secondary N) is 2. The zero-order chi connectivity index (χ0) is 16.6. The average Bonchev–Trinajstić information content (AvgIpc) is 2.97. The Morgan fingerprint density at radius 3 is 2.65 bits per heavy atom. The summed E-state index contributed by atoms with van der Waals surface area (Å²) in [4.78, 5) is 28.5. The second-order valence-corrected chi connectivity index (χ2v) is 5.78. The second kappa shape index (κ2) is 5.83. The maximum Gasteiger partial charge on any atom is 0.252 e. The van der Waals surface area contributed by atoms with E-state index in [0.29, 0.717) is 18.2 Å². The van der Waals surface area contributed by atoms with Gasteiger partial charge in [-0.2, -0.15) is 10.1 Å². The predicted molar refractivity (Wildman–Crippen MR) is 86.2 cm³/mol. The van der Waals surface area contributed by atoms with Gasteiger partial charge in [0.1, 0.15) is 6.04 Å². The third kappa shape index (κ3) is 3.08. The van der Waals surface area contributed by atoms with Crippen molar-refractivity contribution in [1.82, 2.24) is 14.8 Å². The van der Waals surface area contributed by atoms with Crippen LogP contribution in [0.1, 0.15) is 36.3 Å². The van der Waals surface area contributed by atoms with Crippen LogP contribution < -0.4 is 10.6 Å². The van der Waals surface area contributed by atoms with Crippen LogP contribution in [0.25, 0.3) is 0 Å². The molecule has 0 aliphatic carbocycles. The van der Waals surface area contributed by atoms with Crippen molar-refractivity contribution in [2.24, 2.45) is 0 Å². The number of aryl methyl sites for hydroxylation is 3. The number of anilines is 2. The van der Waals surface area contributed by atoms with Crippen LogP contribution in [0.2, 0.25) is 0 Å². The van der Waals surface area contributed by atoms with Crippen LogP contribution in [0, 0.1) is 13.8 Å². The summed E-state index contributed by atoms with van der Waals surface area (Å²) < 4.78 is 1.50. The number of carbonyl (C=O) groups is 2. The van der Waals surface area contributed by atoms with E-state index < -0.39 is 6.04 Å². The number of amides is 2. The van der Waals surface area contributed by atoms with Crippen molar-refractivity contribution in [3.8, 4) is 0 Å². The Bertz CT molecular complexity index is 761. The number of hydrogen-bond donors (Lipinski definition) is 2. The Labute approximate surface area is 134 Å². The fourth-order valence-electron chi connectivity index (χ4n) is 2.74. The van der Waals surface area contributed by atoms with Crippen LogP contribution >= 0.6 is 0 Å². The van der Waals surface area contributed by atoms with Gasteiger partial charge < -0.3 is 5.32 Å². The molecule has 0 radical (unpaired) electrons. The molecule has 2 heterocycles. The van der Waals surface area contributed by atoms with Crippen LogP contribution in [-0.2, 0) is 16.0 Å². The summed E-state index contributed by atoms with van der Waals surface area (Å²) in [7, 11) is 0. The first-order valence-corrected chi connectivity index (χ1v) is 7.60. The number of aromatic nitrogens is 3. The van der Waals surface area contributed by atoms with Gasteiger partial charge in [-0.3, -0.25) is 14.9 Å². The van der Waals surface area contributed by atoms with E-state index in [1.807, 2.05) is 39.0 Å². The van der Waals surface area contributed by atoms with Crippen molar-refractivity contribution >= 4 is 23.5 Å². The highest BCUT2D eigenvalue weighted by molar-refractivity contribution is 6.00. The fourth-order valence-corrected chi connectivity index (χ4v) is 2.74. The van der Waals surface area contributed by atoms with Gasteiger partial charge in [0.15, 0.2) is 5.82 Å². The first-order chi connectivity index (χ1) is 11.0. The molecule has 2 aromatic rings. The normalized spacial score (nSPS) is 16.1. The molecule has 2 amide bonds. The van der Waals surface area contributed by atoms with Gasteiger partial charge in [-0.05, 0) is 37.1 Å². The highest BCUT2D eigenvalue weighted by Gasteiger charge is 2.34. The van der Waals surface area contributed by atoms with Crippen LogP contribution in [-0.4, -0.2) is 26.6 Å². The third-order valence-corrected chi connectivity index (χ3v) is 3.71. The van der Waals surface area contributed by atoms with Crippen molar-refractivity contribution in [2.45, 2.75) is 39.7 Å². The lowest BCUT2D eigenvalue weighted by Crippen LogP contribution is -2.24. The zero-order valence-electron chi connectivity index (χ0n) is 13.4. The molecule has 1 aromatic heterocycles. The topological polar surface area (TPSA) is 88.9 Å². The number of fused-ring (bicyclic) bond motifs is 1. The van der Waals surface area contributed by atoms with E-state index in [1.54, 1.807) is 0 Å². The third-order valence-electron chi connectivity index (χ3n) is 3.71. The number of hydrogen-bond acceptors (Lipinski definition) is 4. The summed E-state index contributed by atoms with van der Waals surface area (Å²) in [6, 6.07) is 5.18. The van der Waals surface area contributed by atoms with Gasteiger partial charge in [0.05, 0.1) is 6.42 Å². The highest BCUT2D eigenvalue weighted by atomic mass is 16.2. The molecular weight excluding hydrogens is 294 g/mol. The molecule has 120 valence electrons. The molecule has 1 atom stereocenters. The number of rotatable bonds is 4. The minimum atomic E-state index is -0.649. The summed E-state index contributed by atoms with van der Waals surface area (Å²) >= 11 is 0. The minimum Gasteiger partial charge on any atom is -0.326 e. The van der Waals surface area contributed by atoms with Crippen LogP contribution in [0.3, 0.4) is 0 Å². The molecule has 0 fully saturated rings. The SMILES string of the molecule is CCc1nc2n(n1)[C@H](CC(=O)Nc1cc(C)cc(C)c1)C(=O)N2. The largest absolute Gasteiger partial charge is 0.326 e. The van der Waals surface area contributed by atoms with E-state index in [4.69, 9.17) is 0 Å². The maximum absolute atomic E-state index is 12.3. The quantitative estimate of drug-likeness (QED) is 0.903. The maximum atomic E-state index is 12.3. The van der Waals surface area contributed by atoms with Crippen molar-refractivity contribution in [3.63, 3.8) is 0 Å². The van der Waals surface area contributed by atoms with E-state index >= 15 is 0 Å². The molecule has 0 saturated carbocycles. The Balaban J connectivity index is 1.73. The Morgan fingerprint density at radius 1 is 1.30 bits per heavy atom. The lowest BCUT2D eigenvalue weighted by atomic mass is 10.1. The first kappa shape index (κ1) is 15.2. The van der Waals surface area contributed by atoms with Crippen molar-refractivity contribution < 1.29 is 9.59 Å². The molecule has 0 bridgehead atoms. The lowest BCUT2D eigenvalue weighted by molar-refractivity contribution is -0.123. The first-order valence-electron chi connectivity index (χ1n) is 7.60. The molecule has 1 aliphatic rings. The van der Waals surface area contributed by atoms with Crippen LogP contribution in [0.5, 0.6) is 0 Å². The molecule has 2 N–H and O–H groups in total. The van der Waals surface area contributed by atoms with E-state index in [2.05, 4.69) is 20.7 Å². The number of benzene rings is 1. The van der Waals surface area contributed by atoms with Gasteiger partial charge in [0.2, 0.25) is 11.9 Å². The molecule has 7 nitrogen and oxygen atoms in total. The summed E-state index contributed by atoms with van der Waals surface area (Å²) in [5, 5.41) is 9.77. The summed E-state index contributed by atoms with van der Waals surface area (Å²) in [6.07, 6.45) is 0.704. The van der Waals surface area contributed by atoms with Crippen molar-refractivity contribution in [1.29, 1.82) is 0 Å². The van der Waals surface area contributed by atoms with Crippen LogP contribution in [0.15, 0.2) is 18.2 Å². The summed E-state index contributed by atoms with van der Waals surface area (Å²) in [5.41, 5.74) is 2.88. The van der Waals surface area contributed by atoms with E-state index in [9.17, 15) is 9.59 Å². The van der Waals surface area contributed by atoms with Crippen LogP contribution in [0.4, 0.5) is 11.6 Å². The molecule has 3 rings (SSSR count). The smallest absolute Gasteiger partial charge is 0.252 e. The average molecular weight is 313 g/mol. The highest BCUT2D eigenvalue weighted by Crippen LogP contribution is 2.25. The van der Waals surface area contributed by atoms with Gasteiger partial charge in [0, 0.05) is 12.1 Å². The van der Waals surface area contributed by atoms with E-state index in [0.717, 1.165) is 16.8 Å². The molecule has 0 saturated heterocycles. The van der Waals surface area contributed by atoms with E-state index in [-0.39, 0.29) is 18.2 Å². The van der Waals surface area contributed by atoms with Gasteiger partial charge in [-0.25, -0.2) is 4.68 Å². The van der Waals surface area contributed by atoms with Gasteiger partial charge in [-0.1, -0.05) is 13.0 Å². The van der Waals surface area contributed by atoms with Crippen molar-refractivity contribution in [2.75, 3.05) is 10.6 Å².